The highest BCUT2D eigenvalue weighted by molar-refractivity contribution is 7.89. The first kappa shape index (κ1) is 28.6. The van der Waals surface area contributed by atoms with Crippen molar-refractivity contribution in [2.75, 3.05) is 13.7 Å². The summed E-state index contributed by atoms with van der Waals surface area (Å²) in [5, 5.41) is 0.615. The number of guanidine groups is 1. The smallest absolute Gasteiger partial charge is 0.491 e. The summed E-state index contributed by atoms with van der Waals surface area (Å²) < 4.78 is 74.6. The molecule has 2 aromatic carbocycles. The fourth-order valence-corrected chi connectivity index (χ4v) is 4.88. The van der Waals surface area contributed by atoms with Crippen LogP contribution in [0.25, 0.3) is 10.8 Å². The first-order valence-electron chi connectivity index (χ1n) is 10.4. The molecule has 4 N–H and O–H groups in total. The topological polar surface area (TPSA) is 167 Å². The highest BCUT2D eigenvalue weighted by Gasteiger charge is 2.43. The van der Waals surface area contributed by atoms with Crippen molar-refractivity contribution in [1.29, 1.82) is 0 Å². The predicted octanol–water partition coefficient (Wildman–Crippen LogP) is 2.62. The summed E-state index contributed by atoms with van der Waals surface area (Å²) in [5.74, 6) is -4.74. The quantitative estimate of drug-likeness (QED) is 0.178. The van der Waals surface area contributed by atoms with Gasteiger partial charge in [-0.05, 0) is 18.2 Å². The molecule has 0 atom stereocenters. The van der Waals surface area contributed by atoms with E-state index in [1.54, 1.807) is 12.1 Å². The molecule has 38 heavy (non-hydrogen) atoms. The minimum Gasteiger partial charge on any atom is -0.496 e. The van der Waals surface area contributed by atoms with E-state index in [0.717, 1.165) is 12.1 Å². The van der Waals surface area contributed by atoms with Crippen LogP contribution in [0.5, 0.6) is 5.75 Å². The molecule has 16 heteroatoms. The summed E-state index contributed by atoms with van der Waals surface area (Å²) in [5.41, 5.74) is 11.1. The summed E-state index contributed by atoms with van der Waals surface area (Å²) in [6, 6.07) is 9.77. The van der Waals surface area contributed by atoms with Crippen molar-refractivity contribution in [2.24, 2.45) is 16.5 Å². The van der Waals surface area contributed by atoms with Gasteiger partial charge in [-0.2, -0.15) is 22.5 Å². The zero-order valence-electron chi connectivity index (χ0n) is 19.4. The second-order valence-corrected chi connectivity index (χ2v) is 9.86. The number of aromatic nitrogens is 1. The van der Waals surface area contributed by atoms with Crippen LogP contribution >= 0.6 is 11.6 Å². The molecule has 0 unspecified atom stereocenters. The van der Waals surface area contributed by atoms with E-state index in [-0.39, 0.29) is 33.5 Å². The third-order valence-corrected chi connectivity index (χ3v) is 7.03. The summed E-state index contributed by atoms with van der Waals surface area (Å²) in [7, 11) is -3.32. The van der Waals surface area contributed by atoms with Crippen molar-refractivity contribution in [1.82, 2.24) is 9.29 Å². The number of pyridine rings is 1. The standard InChI is InChI=1S/C22H19ClF3N5O6S/c1-36-17-5-3-2-4-12(17)10-31(11-18(32)37-20(33)22(24,25)26)38(34,35)13-6-7-14-15(8-13)19(30-21(27)28)29-9-16(14)23/h2-9H,10-11H2,1H3,(H4,27,28,29,30). The molecular weight excluding hydrogens is 555 g/mol. The number of carbonyl (C=O) groups is 2. The number of halogens is 4. The van der Waals surface area contributed by atoms with Gasteiger partial charge in [-0.25, -0.2) is 18.2 Å². The van der Waals surface area contributed by atoms with Gasteiger partial charge in [0.2, 0.25) is 10.0 Å². The maximum atomic E-state index is 13.6. The van der Waals surface area contributed by atoms with Crippen molar-refractivity contribution < 1.29 is 40.7 Å². The van der Waals surface area contributed by atoms with Gasteiger partial charge in [0.05, 0.1) is 17.0 Å². The van der Waals surface area contributed by atoms with Gasteiger partial charge in [-0.15, -0.1) is 0 Å². The fraction of sp³-hybridized carbons (Fsp3) is 0.182. The number of sulfonamides is 1. The van der Waals surface area contributed by atoms with Gasteiger partial charge in [0.15, 0.2) is 11.8 Å². The predicted molar refractivity (Wildman–Crippen MR) is 130 cm³/mol. The van der Waals surface area contributed by atoms with E-state index in [4.69, 9.17) is 27.8 Å². The minimum atomic E-state index is -5.46. The van der Waals surface area contributed by atoms with Crippen LogP contribution in [0.2, 0.25) is 5.02 Å². The second-order valence-electron chi connectivity index (χ2n) is 7.52. The van der Waals surface area contributed by atoms with Crippen molar-refractivity contribution >= 4 is 56.1 Å². The Balaban J connectivity index is 2.10. The first-order chi connectivity index (χ1) is 17.7. The van der Waals surface area contributed by atoms with E-state index >= 15 is 0 Å². The number of esters is 2. The molecule has 1 heterocycles. The Morgan fingerprint density at radius 2 is 1.82 bits per heavy atom. The molecule has 0 bridgehead atoms. The van der Waals surface area contributed by atoms with Crippen molar-refractivity contribution in [2.45, 2.75) is 17.6 Å². The van der Waals surface area contributed by atoms with Gasteiger partial charge in [0.1, 0.15) is 12.3 Å². The second kappa shape index (κ2) is 11.2. The molecule has 0 spiro atoms. The van der Waals surface area contributed by atoms with Gasteiger partial charge in [-0.3, -0.25) is 4.79 Å². The average molecular weight is 574 g/mol. The third-order valence-electron chi connectivity index (χ3n) is 4.94. The minimum absolute atomic E-state index is 0.0621. The Labute approximate surface area is 218 Å². The maximum Gasteiger partial charge on any atom is 0.491 e. The molecule has 0 radical (unpaired) electrons. The van der Waals surface area contributed by atoms with Gasteiger partial charge < -0.3 is 20.9 Å². The largest absolute Gasteiger partial charge is 0.496 e. The molecule has 3 rings (SSSR count). The number of rotatable bonds is 8. The SMILES string of the molecule is COc1ccccc1CN(CC(=O)OC(=O)C(F)(F)F)S(=O)(=O)c1ccc2c(Cl)cnc(N=C(N)N)c2c1. The molecule has 0 aliphatic heterocycles. The molecule has 0 amide bonds. The number of fused-ring (bicyclic) bond motifs is 1. The van der Waals surface area contributed by atoms with E-state index in [9.17, 15) is 31.2 Å². The van der Waals surface area contributed by atoms with E-state index in [2.05, 4.69) is 14.7 Å². The van der Waals surface area contributed by atoms with Crippen molar-refractivity contribution in [3.8, 4) is 5.75 Å². The molecule has 0 saturated heterocycles. The van der Waals surface area contributed by atoms with E-state index in [1.807, 2.05) is 0 Å². The number of para-hydroxylation sites is 1. The Kier molecular flexibility index (Phi) is 8.44. The highest BCUT2D eigenvalue weighted by Crippen LogP contribution is 2.33. The molecule has 0 fully saturated rings. The van der Waals surface area contributed by atoms with Gasteiger partial charge >= 0.3 is 18.1 Å². The molecule has 0 saturated carbocycles. The molecule has 0 aliphatic rings. The van der Waals surface area contributed by atoms with E-state index in [1.165, 1.54) is 31.5 Å². The number of alkyl halides is 3. The molecule has 11 nitrogen and oxygen atoms in total. The van der Waals surface area contributed by atoms with Crippen LogP contribution in [0.15, 0.2) is 58.5 Å². The summed E-state index contributed by atoms with van der Waals surface area (Å²) in [4.78, 5) is 30.8. The lowest BCUT2D eigenvalue weighted by Gasteiger charge is -2.22. The number of benzene rings is 2. The Hall–Kier alpha value is -3.95. The van der Waals surface area contributed by atoms with Crippen molar-refractivity contribution in [3.63, 3.8) is 0 Å². The number of aliphatic imine (C=N–C) groups is 1. The summed E-state index contributed by atoms with van der Waals surface area (Å²) in [6.07, 6.45) is -4.21. The molecular formula is C22H19ClF3N5O6S. The summed E-state index contributed by atoms with van der Waals surface area (Å²) in [6.45, 7) is -1.77. The highest BCUT2D eigenvalue weighted by atomic mass is 35.5. The Bertz CT molecular complexity index is 1530. The number of nitrogens with two attached hydrogens (primary N) is 2. The number of ether oxygens (including phenoxy) is 2. The normalized spacial score (nSPS) is 11.8. The Morgan fingerprint density at radius 1 is 1.13 bits per heavy atom. The average Bonchev–Trinajstić information content (AvgIpc) is 2.84. The number of nitrogens with zero attached hydrogens (tertiary/aromatic N) is 3. The number of hydrogen-bond acceptors (Lipinski definition) is 8. The van der Waals surface area contributed by atoms with Crippen LogP contribution in [-0.4, -0.2) is 55.4 Å². The van der Waals surface area contributed by atoms with Gasteiger partial charge in [-0.1, -0.05) is 35.9 Å². The lowest BCUT2D eigenvalue weighted by atomic mass is 10.1. The molecule has 3 aromatic rings. The van der Waals surface area contributed by atoms with Crippen LogP contribution in [0.1, 0.15) is 5.56 Å². The maximum absolute atomic E-state index is 13.6. The van der Waals surface area contributed by atoms with Crippen LogP contribution in [0, 0.1) is 0 Å². The molecule has 202 valence electrons. The van der Waals surface area contributed by atoms with Crippen molar-refractivity contribution in [3.05, 3.63) is 59.2 Å². The number of carbonyl (C=O) groups excluding carboxylic acids is 2. The third kappa shape index (κ3) is 6.48. The van der Waals surface area contributed by atoms with Gasteiger partial charge in [0, 0.05) is 29.1 Å². The van der Waals surface area contributed by atoms with E-state index in [0.29, 0.717) is 9.69 Å². The fourth-order valence-electron chi connectivity index (χ4n) is 3.28. The van der Waals surface area contributed by atoms with Crippen LogP contribution in [0.4, 0.5) is 19.0 Å². The Morgan fingerprint density at radius 3 is 2.45 bits per heavy atom. The number of hydrogen-bond donors (Lipinski definition) is 2. The lowest BCUT2D eigenvalue weighted by Crippen LogP contribution is -2.38. The first-order valence-corrected chi connectivity index (χ1v) is 12.2. The van der Waals surface area contributed by atoms with Crippen LogP contribution in [0.3, 0.4) is 0 Å². The zero-order chi connectivity index (χ0) is 28.3. The lowest BCUT2D eigenvalue weighted by molar-refractivity contribution is -0.201. The van der Waals surface area contributed by atoms with Crippen LogP contribution < -0.4 is 16.2 Å². The number of methoxy groups -OCH3 is 1. The van der Waals surface area contributed by atoms with Crippen LogP contribution in [-0.2, 0) is 30.9 Å². The molecule has 1 aromatic heterocycles. The van der Waals surface area contributed by atoms with E-state index < -0.39 is 46.1 Å². The zero-order valence-corrected chi connectivity index (χ0v) is 21.0. The monoisotopic (exact) mass is 573 g/mol. The van der Waals surface area contributed by atoms with Gasteiger partial charge in [0.25, 0.3) is 0 Å². The molecule has 0 aliphatic carbocycles. The summed E-state index contributed by atoms with van der Waals surface area (Å²) >= 11 is 6.16.